The Balaban J connectivity index is 1.60. The van der Waals surface area contributed by atoms with Gasteiger partial charge in [0.05, 0.1) is 7.11 Å². The molecule has 7 nitrogen and oxygen atoms in total. The molecule has 1 aromatic carbocycles. The second-order valence-electron chi connectivity index (χ2n) is 6.18. The number of urea groups is 1. The number of amides is 2. The van der Waals surface area contributed by atoms with Crippen molar-refractivity contribution in [2.45, 2.75) is 13.8 Å². The Morgan fingerprint density at radius 2 is 1.88 bits per heavy atom. The lowest BCUT2D eigenvalue weighted by Gasteiger charge is -2.35. The van der Waals surface area contributed by atoms with Gasteiger partial charge in [0.15, 0.2) is 0 Å². The van der Waals surface area contributed by atoms with Crippen LogP contribution in [0.3, 0.4) is 0 Å². The molecule has 1 aliphatic rings. The van der Waals surface area contributed by atoms with Gasteiger partial charge in [-0.15, -0.1) is 0 Å². The van der Waals surface area contributed by atoms with Gasteiger partial charge in [-0.25, -0.2) is 14.2 Å². The predicted molar refractivity (Wildman–Crippen MR) is 97.3 cm³/mol. The molecule has 138 valence electrons. The van der Waals surface area contributed by atoms with E-state index in [1.807, 2.05) is 6.92 Å². The maximum Gasteiger partial charge on any atom is 0.321 e. The summed E-state index contributed by atoms with van der Waals surface area (Å²) in [6.07, 6.45) is 0. The van der Waals surface area contributed by atoms with Crippen LogP contribution in [0.5, 0.6) is 5.88 Å². The van der Waals surface area contributed by atoms with Crippen molar-refractivity contribution in [1.82, 2.24) is 14.9 Å². The van der Waals surface area contributed by atoms with Crippen molar-refractivity contribution in [2.75, 3.05) is 43.5 Å². The largest absolute Gasteiger partial charge is 0.481 e. The highest BCUT2D eigenvalue weighted by Crippen LogP contribution is 2.19. The molecule has 0 aliphatic carbocycles. The van der Waals surface area contributed by atoms with E-state index in [4.69, 9.17) is 4.74 Å². The molecule has 1 saturated heterocycles. The minimum atomic E-state index is -0.333. The Hall–Kier alpha value is -2.90. The minimum absolute atomic E-state index is 0.232. The highest BCUT2D eigenvalue weighted by molar-refractivity contribution is 5.89. The van der Waals surface area contributed by atoms with Crippen molar-refractivity contribution in [3.05, 3.63) is 41.5 Å². The summed E-state index contributed by atoms with van der Waals surface area (Å²) >= 11 is 0. The van der Waals surface area contributed by atoms with Crippen molar-refractivity contribution >= 4 is 17.5 Å². The molecular formula is C18H22FN5O2. The molecule has 0 radical (unpaired) electrons. The number of methoxy groups -OCH3 is 1. The van der Waals surface area contributed by atoms with E-state index in [9.17, 15) is 9.18 Å². The topological polar surface area (TPSA) is 70.6 Å². The molecule has 1 N–H and O–H groups in total. The van der Waals surface area contributed by atoms with E-state index < -0.39 is 0 Å². The van der Waals surface area contributed by atoms with Gasteiger partial charge in [0.1, 0.15) is 17.5 Å². The van der Waals surface area contributed by atoms with E-state index in [0.29, 0.717) is 49.1 Å². The van der Waals surface area contributed by atoms with Gasteiger partial charge < -0.3 is 19.9 Å². The van der Waals surface area contributed by atoms with Crippen LogP contribution < -0.4 is 15.0 Å². The Bertz CT molecular complexity index is 806. The molecule has 0 bridgehead atoms. The average Bonchev–Trinajstić information content (AvgIpc) is 2.64. The molecule has 2 amide bonds. The number of carbonyl (C=O) groups is 1. The van der Waals surface area contributed by atoms with Gasteiger partial charge in [-0.2, -0.15) is 4.98 Å². The number of aromatic nitrogens is 2. The number of piperazine rings is 1. The third kappa shape index (κ3) is 4.01. The number of halogens is 1. The SMILES string of the molecule is COc1cc(N2CCN(C(=O)Nc3ccc(C)c(F)c3)CC2)nc(C)n1. The van der Waals surface area contributed by atoms with Gasteiger partial charge in [0.25, 0.3) is 0 Å². The van der Waals surface area contributed by atoms with E-state index in [1.165, 1.54) is 6.07 Å². The molecule has 0 saturated carbocycles. The number of anilines is 2. The van der Waals surface area contributed by atoms with Crippen molar-refractivity contribution in [3.63, 3.8) is 0 Å². The first-order valence-corrected chi connectivity index (χ1v) is 8.43. The molecule has 1 aliphatic heterocycles. The summed E-state index contributed by atoms with van der Waals surface area (Å²) in [5, 5.41) is 2.74. The number of hydrogen-bond acceptors (Lipinski definition) is 5. The van der Waals surface area contributed by atoms with Crippen LogP contribution in [0.15, 0.2) is 24.3 Å². The van der Waals surface area contributed by atoms with Crippen LogP contribution in [0.4, 0.5) is 20.7 Å². The highest BCUT2D eigenvalue weighted by Gasteiger charge is 2.22. The zero-order valence-electron chi connectivity index (χ0n) is 15.1. The summed E-state index contributed by atoms with van der Waals surface area (Å²) in [4.78, 5) is 24.8. The van der Waals surface area contributed by atoms with Gasteiger partial charge >= 0.3 is 6.03 Å². The Morgan fingerprint density at radius 1 is 1.15 bits per heavy atom. The smallest absolute Gasteiger partial charge is 0.321 e. The molecule has 3 rings (SSSR count). The zero-order valence-corrected chi connectivity index (χ0v) is 15.1. The Morgan fingerprint density at radius 3 is 2.54 bits per heavy atom. The summed E-state index contributed by atoms with van der Waals surface area (Å²) in [5.41, 5.74) is 1.00. The molecule has 2 heterocycles. The zero-order chi connectivity index (χ0) is 18.7. The molecule has 26 heavy (non-hydrogen) atoms. The summed E-state index contributed by atoms with van der Waals surface area (Å²) in [6, 6.07) is 6.23. The molecule has 0 atom stereocenters. The number of nitrogens with zero attached hydrogens (tertiary/aromatic N) is 4. The lowest BCUT2D eigenvalue weighted by Crippen LogP contribution is -2.50. The van der Waals surface area contributed by atoms with Crippen LogP contribution in [0, 0.1) is 19.7 Å². The summed E-state index contributed by atoms with van der Waals surface area (Å²) < 4.78 is 18.8. The monoisotopic (exact) mass is 359 g/mol. The van der Waals surface area contributed by atoms with Gasteiger partial charge in [0.2, 0.25) is 5.88 Å². The fourth-order valence-electron chi connectivity index (χ4n) is 2.80. The average molecular weight is 359 g/mol. The van der Waals surface area contributed by atoms with Crippen molar-refractivity contribution in [2.24, 2.45) is 0 Å². The molecule has 8 heteroatoms. The third-order valence-corrected chi connectivity index (χ3v) is 4.32. The molecular weight excluding hydrogens is 337 g/mol. The first-order valence-electron chi connectivity index (χ1n) is 8.43. The van der Waals surface area contributed by atoms with Crippen molar-refractivity contribution in [1.29, 1.82) is 0 Å². The van der Waals surface area contributed by atoms with E-state index >= 15 is 0 Å². The first-order chi connectivity index (χ1) is 12.5. The predicted octanol–water partition coefficient (Wildman–Crippen LogP) is 2.60. The fraction of sp³-hybridized carbons (Fsp3) is 0.389. The van der Waals surface area contributed by atoms with E-state index in [2.05, 4.69) is 20.2 Å². The summed E-state index contributed by atoms with van der Waals surface area (Å²) in [5.74, 6) is 1.62. The number of aryl methyl sites for hydroxylation is 2. The lowest BCUT2D eigenvalue weighted by atomic mass is 10.2. The van der Waals surface area contributed by atoms with Crippen molar-refractivity contribution < 1.29 is 13.9 Å². The summed E-state index contributed by atoms with van der Waals surface area (Å²) in [6.45, 7) is 5.89. The number of benzene rings is 1. The quantitative estimate of drug-likeness (QED) is 0.912. The van der Waals surface area contributed by atoms with E-state index in [0.717, 1.165) is 5.82 Å². The van der Waals surface area contributed by atoms with Crippen LogP contribution in [-0.4, -0.2) is 54.2 Å². The molecule has 1 aromatic heterocycles. The van der Waals surface area contributed by atoms with E-state index in [-0.39, 0.29) is 11.8 Å². The summed E-state index contributed by atoms with van der Waals surface area (Å²) in [7, 11) is 1.57. The van der Waals surface area contributed by atoms with Crippen LogP contribution in [0.25, 0.3) is 0 Å². The van der Waals surface area contributed by atoms with Gasteiger partial charge in [0, 0.05) is 37.9 Å². The molecule has 1 fully saturated rings. The molecule has 2 aromatic rings. The normalized spacial score (nSPS) is 14.3. The van der Waals surface area contributed by atoms with Crippen LogP contribution in [0.1, 0.15) is 11.4 Å². The second kappa shape index (κ2) is 7.55. The number of rotatable bonds is 3. The highest BCUT2D eigenvalue weighted by atomic mass is 19.1. The van der Waals surface area contributed by atoms with Crippen molar-refractivity contribution in [3.8, 4) is 5.88 Å². The fourth-order valence-corrected chi connectivity index (χ4v) is 2.80. The minimum Gasteiger partial charge on any atom is -0.481 e. The third-order valence-electron chi connectivity index (χ3n) is 4.32. The second-order valence-corrected chi connectivity index (χ2v) is 6.18. The van der Waals surface area contributed by atoms with Gasteiger partial charge in [-0.05, 0) is 31.5 Å². The number of hydrogen-bond donors (Lipinski definition) is 1. The molecule has 0 spiro atoms. The Kier molecular flexibility index (Phi) is 5.20. The first kappa shape index (κ1) is 17.9. The number of nitrogens with one attached hydrogen (secondary N) is 1. The molecule has 0 unspecified atom stereocenters. The van der Waals surface area contributed by atoms with Gasteiger partial charge in [-0.3, -0.25) is 0 Å². The Labute approximate surface area is 151 Å². The maximum atomic E-state index is 13.6. The standard InChI is InChI=1S/C18H22FN5O2/c1-12-4-5-14(10-15(12)19)22-18(25)24-8-6-23(7-9-24)16-11-17(26-3)21-13(2)20-16/h4-5,10-11H,6-9H2,1-3H3,(H,22,25). The van der Waals surface area contributed by atoms with E-state index in [1.54, 1.807) is 37.1 Å². The van der Waals surface area contributed by atoms with Crippen LogP contribution >= 0.6 is 0 Å². The van der Waals surface area contributed by atoms with Crippen LogP contribution in [-0.2, 0) is 0 Å². The van der Waals surface area contributed by atoms with Gasteiger partial charge in [-0.1, -0.05) is 6.07 Å². The maximum absolute atomic E-state index is 13.6. The van der Waals surface area contributed by atoms with Crippen LogP contribution in [0.2, 0.25) is 0 Å². The lowest BCUT2D eigenvalue weighted by molar-refractivity contribution is 0.208. The number of carbonyl (C=O) groups excluding carboxylic acids is 1. The number of ether oxygens (including phenoxy) is 1.